The zero-order valence-electron chi connectivity index (χ0n) is 16.7. The van der Waals surface area contributed by atoms with Gasteiger partial charge in [-0.25, -0.2) is 5.01 Å². The number of carbonyl (C=O) groups excluding carboxylic acids is 1. The fraction of sp³-hybridized carbons (Fsp3) is 0.333. The molecule has 1 amide bonds. The molecule has 0 aromatic heterocycles. The molecule has 1 aliphatic rings. The molecule has 7 nitrogen and oxygen atoms in total. The van der Waals surface area contributed by atoms with Crippen LogP contribution in [0.1, 0.15) is 30.5 Å². The third-order valence-electron chi connectivity index (χ3n) is 4.74. The van der Waals surface area contributed by atoms with E-state index in [0.29, 0.717) is 29.4 Å². The van der Waals surface area contributed by atoms with Gasteiger partial charge in [0.05, 0.1) is 40.2 Å². The molecule has 7 heteroatoms. The molecular formula is C21H24N2O5. The van der Waals surface area contributed by atoms with Gasteiger partial charge in [-0.1, -0.05) is 12.1 Å². The smallest absolute Gasteiger partial charge is 0.240 e. The predicted molar refractivity (Wildman–Crippen MR) is 106 cm³/mol. The average molecular weight is 384 g/mol. The van der Waals surface area contributed by atoms with Crippen molar-refractivity contribution in [3.63, 3.8) is 0 Å². The Hall–Kier alpha value is -3.22. The molecule has 148 valence electrons. The first-order valence-electron chi connectivity index (χ1n) is 8.84. The second kappa shape index (κ2) is 8.21. The number of hydrogen-bond donors (Lipinski definition) is 0. The molecule has 0 aliphatic carbocycles. The summed E-state index contributed by atoms with van der Waals surface area (Å²) < 4.78 is 21.8. The minimum atomic E-state index is -0.312. The summed E-state index contributed by atoms with van der Waals surface area (Å²) in [6.45, 7) is 1.49. The monoisotopic (exact) mass is 384 g/mol. The van der Waals surface area contributed by atoms with Crippen LogP contribution >= 0.6 is 0 Å². The Balaban J connectivity index is 2.07. The fourth-order valence-corrected chi connectivity index (χ4v) is 3.42. The molecule has 2 aromatic rings. The predicted octanol–water partition coefficient (Wildman–Crippen LogP) is 3.42. The van der Waals surface area contributed by atoms with Crippen molar-refractivity contribution in [1.82, 2.24) is 5.01 Å². The van der Waals surface area contributed by atoms with Crippen molar-refractivity contribution in [2.75, 3.05) is 28.4 Å². The number of hydrogen-bond acceptors (Lipinski definition) is 6. The van der Waals surface area contributed by atoms with E-state index < -0.39 is 0 Å². The third kappa shape index (κ3) is 3.47. The van der Waals surface area contributed by atoms with Gasteiger partial charge in [-0.2, -0.15) is 5.10 Å². The average Bonchev–Trinajstić information content (AvgIpc) is 3.18. The van der Waals surface area contributed by atoms with Crippen LogP contribution in [0.2, 0.25) is 0 Å². The minimum Gasteiger partial charge on any atom is -0.497 e. The summed E-state index contributed by atoms with van der Waals surface area (Å²) in [5.41, 5.74) is 2.36. The number of benzene rings is 2. The van der Waals surface area contributed by atoms with E-state index in [1.807, 2.05) is 36.4 Å². The van der Waals surface area contributed by atoms with Crippen LogP contribution in [-0.4, -0.2) is 45.1 Å². The van der Waals surface area contributed by atoms with Gasteiger partial charge in [0.25, 0.3) is 0 Å². The highest BCUT2D eigenvalue weighted by atomic mass is 16.5. The second-order valence-electron chi connectivity index (χ2n) is 6.28. The normalized spacial score (nSPS) is 15.8. The Labute approximate surface area is 164 Å². The molecule has 0 fully saturated rings. The summed E-state index contributed by atoms with van der Waals surface area (Å²) in [6.07, 6.45) is 0.507. The Bertz CT molecular complexity index is 910. The number of nitrogens with zero attached hydrogens (tertiary/aromatic N) is 2. The van der Waals surface area contributed by atoms with Crippen molar-refractivity contribution in [2.45, 2.75) is 19.4 Å². The van der Waals surface area contributed by atoms with Crippen molar-refractivity contribution >= 4 is 11.6 Å². The number of amides is 1. The molecule has 0 saturated heterocycles. The van der Waals surface area contributed by atoms with Gasteiger partial charge in [-0.15, -0.1) is 0 Å². The zero-order valence-corrected chi connectivity index (χ0v) is 16.7. The molecule has 0 radical (unpaired) electrons. The van der Waals surface area contributed by atoms with E-state index >= 15 is 0 Å². The van der Waals surface area contributed by atoms with Crippen LogP contribution in [0.15, 0.2) is 41.5 Å². The van der Waals surface area contributed by atoms with Crippen LogP contribution in [0.4, 0.5) is 0 Å². The van der Waals surface area contributed by atoms with E-state index in [2.05, 4.69) is 5.10 Å². The maximum absolute atomic E-state index is 12.3. The highest BCUT2D eigenvalue weighted by Gasteiger charge is 2.35. The Kier molecular flexibility index (Phi) is 5.73. The van der Waals surface area contributed by atoms with Crippen molar-refractivity contribution < 1.29 is 23.7 Å². The summed E-state index contributed by atoms with van der Waals surface area (Å²) in [5.74, 6) is 2.40. The van der Waals surface area contributed by atoms with Crippen molar-refractivity contribution in [2.24, 2.45) is 5.10 Å². The summed E-state index contributed by atoms with van der Waals surface area (Å²) in [4.78, 5) is 12.3. The first kappa shape index (κ1) is 19.5. The molecule has 1 atom stereocenters. The second-order valence-corrected chi connectivity index (χ2v) is 6.28. The summed E-state index contributed by atoms with van der Waals surface area (Å²) >= 11 is 0. The van der Waals surface area contributed by atoms with Crippen LogP contribution in [-0.2, 0) is 4.79 Å². The topological polar surface area (TPSA) is 69.6 Å². The molecule has 1 heterocycles. The van der Waals surface area contributed by atoms with Crippen LogP contribution in [0.5, 0.6) is 23.0 Å². The van der Waals surface area contributed by atoms with Crippen LogP contribution in [0, 0.1) is 0 Å². The molecule has 2 aromatic carbocycles. The maximum atomic E-state index is 12.3. The lowest BCUT2D eigenvalue weighted by Crippen LogP contribution is -2.24. The van der Waals surface area contributed by atoms with Crippen molar-refractivity contribution in [1.29, 1.82) is 0 Å². The van der Waals surface area contributed by atoms with Gasteiger partial charge in [0, 0.05) is 24.5 Å². The van der Waals surface area contributed by atoms with Gasteiger partial charge < -0.3 is 18.9 Å². The van der Waals surface area contributed by atoms with Gasteiger partial charge in [-0.05, 0) is 24.3 Å². The van der Waals surface area contributed by atoms with E-state index in [9.17, 15) is 4.79 Å². The summed E-state index contributed by atoms with van der Waals surface area (Å²) in [7, 11) is 6.38. The number of rotatable bonds is 6. The first-order chi connectivity index (χ1) is 13.5. The molecular weight excluding hydrogens is 360 g/mol. The molecule has 1 unspecified atom stereocenters. The van der Waals surface area contributed by atoms with Crippen molar-refractivity contribution in [3.05, 3.63) is 47.5 Å². The fourth-order valence-electron chi connectivity index (χ4n) is 3.42. The summed E-state index contributed by atoms with van der Waals surface area (Å²) in [6, 6.07) is 10.8. The van der Waals surface area contributed by atoms with E-state index in [-0.39, 0.29) is 11.9 Å². The van der Waals surface area contributed by atoms with E-state index in [1.54, 1.807) is 28.4 Å². The highest BCUT2D eigenvalue weighted by Crippen LogP contribution is 2.42. The number of ether oxygens (including phenoxy) is 4. The van der Waals surface area contributed by atoms with Gasteiger partial charge in [0.15, 0.2) is 11.5 Å². The number of methoxy groups -OCH3 is 4. The highest BCUT2D eigenvalue weighted by molar-refractivity contribution is 6.05. The Morgan fingerprint density at radius 2 is 1.75 bits per heavy atom. The van der Waals surface area contributed by atoms with Gasteiger partial charge >= 0.3 is 0 Å². The Morgan fingerprint density at radius 3 is 2.36 bits per heavy atom. The van der Waals surface area contributed by atoms with Gasteiger partial charge in [0.1, 0.15) is 11.5 Å². The number of para-hydroxylation sites is 1. The number of carbonyl (C=O) groups is 1. The molecule has 3 rings (SSSR count). The molecule has 0 saturated carbocycles. The molecule has 0 N–H and O–H groups in total. The van der Waals surface area contributed by atoms with Crippen LogP contribution in [0.3, 0.4) is 0 Å². The Morgan fingerprint density at radius 1 is 1.00 bits per heavy atom. The van der Waals surface area contributed by atoms with Crippen LogP contribution in [0.25, 0.3) is 0 Å². The lowest BCUT2D eigenvalue weighted by Gasteiger charge is -2.23. The minimum absolute atomic E-state index is 0.160. The molecule has 0 bridgehead atoms. The van der Waals surface area contributed by atoms with E-state index in [4.69, 9.17) is 18.9 Å². The number of hydrazone groups is 1. The van der Waals surface area contributed by atoms with E-state index in [0.717, 1.165) is 16.8 Å². The third-order valence-corrected chi connectivity index (χ3v) is 4.74. The lowest BCUT2D eigenvalue weighted by molar-refractivity contribution is -0.130. The van der Waals surface area contributed by atoms with Gasteiger partial charge in [-0.3, -0.25) is 4.79 Å². The van der Waals surface area contributed by atoms with Gasteiger partial charge in [0.2, 0.25) is 5.91 Å². The molecule has 1 aliphatic heterocycles. The summed E-state index contributed by atoms with van der Waals surface area (Å²) in [5, 5.41) is 6.08. The largest absolute Gasteiger partial charge is 0.497 e. The van der Waals surface area contributed by atoms with Crippen LogP contribution < -0.4 is 18.9 Å². The lowest BCUT2D eigenvalue weighted by atomic mass is 9.96. The van der Waals surface area contributed by atoms with Crippen molar-refractivity contribution in [3.8, 4) is 23.0 Å². The molecule has 0 spiro atoms. The molecule has 28 heavy (non-hydrogen) atoms. The standard InChI is InChI=1S/C21H24N2O5/c1-13(24)23-18(15-7-6-8-20(27-4)21(15)28-5)12-17(22-23)16-11-14(25-2)9-10-19(16)26-3/h6-11,18H,12H2,1-5H3. The SMILES string of the molecule is COc1ccc(OC)c(C2=NN(C(C)=O)C(c3cccc(OC)c3OC)C2)c1. The zero-order chi connectivity index (χ0) is 20.3. The first-order valence-corrected chi connectivity index (χ1v) is 8.84. The quantitative estimate of drug-likeness (QED) is 0.763. The van der Waals surface area contributed by atoms with E-state index in [1.165, 1.54) is 11.9 Å². The maximum Gasteiger partial charge on any atom is 0.240 e.